The Morgan fingerprint density at radius 2 is 1.37 bits per heavy atom. The molecule has 4 aromatic rings. The van der Waals surface area contributed by atoms with Gasteiger partial charge in [-0.3, -0.25) is 10.1 Å². The number of nitro benzene ring substituents is 1. The maximum Gasteiger partial charge on any atom is 0.271 e. The second-order valence-electron chi connectivity index (χ2n) is 5.31. The molecule has 0 amide bonds. The number of non-ortho nitro benzene ring substituents is 1. The van der Waals surface area contributed by atoms with Crippen LogP contribution < -0.4 is 5.73 Å². The first-order chi connectivity index (χ1) is 13.6. The van der Waals surface area contributed by atoms with E-state index in [1.165, 1.54) is 12.1 Å². The van der Waals surface area contributed by atoms with Crippen molar-refractivity contribution in [3.05, 3.63) is 96.1 Å². The number of anilines is 1. The van der Waals surface area contributed by atoms with Gasteiger partial charge < -0.3 is 14.9 Å². The van der Waals surface area contributed by atoms with Gasteiger partial charge in [0.1, 0.15) is 0 Å². The molecule has 0 radical (unpaired) electrons. The number of hydrogen-bond donors (Lipinski definition) is 1. The number of nitrogens with zero attached hydrogens (tertiary/aromatic N) is 5. The lowest BCUT2D eigenvalue weighted by Crippen LogP contribution is -1.92. The van der Waals surface area contributed by atoms with Gasteiger partial charge in [0, 0.05) is 48.3 Å². The largest absolute Gasteiger partial charge is 0.399 e. The number of nitro groups is 1. The zero-order chi connectivity index (χ0) is 20.4. The Hall–Kier alpha value is -3.94. The lowest BCUT2D eigenvalue weighted by Gasteiger charge is -2.01. The molecule has 2 N–H and O–H groups in total. The lowest BCUT2D eigenvalue weighted by atomic mass is 10.3. The predicted octanol–water partition coefficient (Wildman–Crippen LogP) is 5.53. The Bertz CT molecular complexity index is 983. The van der Waals surface area contributed by atoms with Crippen molar-refractivity contribution in [2.45, 2.75) is 28.7 Å². The van der Waals surface area contributed by atoms with Crippen LogP contribution in [0.4, 0.5) is 11.4 Å². The van der Waals surface area contributed by atoms with Crippen LogP contribution in [-0.2, 0) is 0 Å². The molecule has 0 aliphatic heterocycles. The topological polar surface area (TPSA) is 105 Å². The lowest BCUT2D eigenvalue weighted by molar-refractivity contribution is -0.384. The van der Waals surface area contributed by atoms with E-state index in [0.29, 0.717) is 0 Å². The number of aromatic nitrogens is 4. The minimum absolute atomic E-state index is 0. The van der Waals surface area contributed by atoms with Gasteiger partial charge in [0.05, 0.1) is 23.3 Å². The molecule has 0 saturated carbocycles. The summed E-state index contributed by atoms with van der Waals surface area (Å²) in [5.74, 6) is 0. The standard InChI is InChI=1S/C9H7N3O2.C9H9N3.C2H6.2CH4/c13-12(14)9-3-1-2-8(6-9)11-5-4-10-7-11;10-8-2-1-3-9(6-8)12-5-4-11-7-12;1-2;;/h1-7H;1-7H,10H2;1-2H3;2*1H4. The third-order valence-electron chi connectivity index (χ3n) is 3.52. The minimum Gasteiger partial charge on any atom is -0.399 e. The summed E-state index contributed by atoms with van der Waals surface area (Å²) < 4.78 is 3.63. The Morgan fingerprint density at radius 3 is 1.80 bits per heavy atom. The Labute approximate surface area is 177 Å². The molecule has 8 heteroatoms. The summed E-state index contributed by atoms with van der Waals surface area (Å²) in [6, 6.07) is 14.1. The van der Waals surface area contributed by atoms with E-state index in [-0.39, 0.29) is 20.5 Å². The summed E-state index contributed by atoms with van der Waals surface area (Å²) in [7, 11) is 0. The fraction of sp³-hybridized carbons (Fsp3) is 0.182. The predicted molar refractivity (Wildman–Crippen MR) is 123 cm³/mol. The highest BCUT2D eigenvalue weighted by Gasteiger charge is 2.05. The Morgan fingerprint density at radius 1 is 0.867 bits per heavy atom. The van der Waals surface area contributed by atoms with Crippen LogP contribution in [0, 0.1) is 10.1 Å². The molecule has 0 aliphatic rings. The molecule has 0 atom stereocenters. The van der Waals surface area contributed by atoms with Crippen molar-refractivity contribution in [3.8, 4) is 11.4 Å². The van der Waals surface area contributed by atoms with Crippen LogP contribution in [0.3, 0.4) is 0 Å². The van der Waals surface area contributed by atoms with Gasteiger partial charge >= 0.3 is 0 Å². The molecule has 0 spiro atoms. The second-order valence-corrected chi connectivity index (χ2v) is 5.31. The van der Waals surface area contributed by atoms with Crippen LogP contribution >= 0.6 is 0 Å². The molecule has 0 unspecified atom stereocenters. The van der Waals surface area contributed by atoms with E-state index in [4.69, 9.17) is 5.73 Å². The molecule has 2 aromatic carbocycles. The van der Waals surface area contributed by atoms with Crippen molar-refractivity contribution < 1.29 is 4.92 Å². The van der Waals surface area contributed by atoms with Crippen LogP contribution in [0.15, 0.2) is 86.0 Å². The van der Waals surface area contributed by atoms with Gasteiger partial charge in [-0.05, 0) is 24.3 Å². The zero-order valence-corrected chi connectivity index (χ0v) is 15.7. The summed E-state index contributed by atoms with van der Waals surface area (Å²) in [6.45, 7) is 4.00. The first kappa shape index (κ1) is 26.1. The summed E-state index contributed by atoms with van der Waals surface area (Å²) in [4.78, 5) is 17.9. The molecular formula is C22H30N6O2. The van der Waals surface area contributed by atoms with Gasteiger partial charge in [-0.15, -0.1) is 0 Å². The first-order valence-corrected chi connectivity index (χ1v) is 8.70. The summed E-state index contributed by atoms with van der Waals surface area (Å²) in [5, 5.41) is 10.5. The molecule has 8 nitrogen and oxygen atoms in total. The Balaban J connectivity index is 0.000000492. The number of benzene rings is 2. The minimum atomic E-state index is -0.416. The maximum absolute atomic E-state index is 10.5. The number of nitrogen functional groups attached to an aromatic ring is 1. The van der Waals surface area contributed by atoms with Gasteiger partial charge in [-0.25, -0.2) is 9.97 Å². The van der Waals surface area contributed by atoms with Crippen LogP contribution in [0.1, 0.15) is 28.7 Å². The van der Waals surface area contributed by atoms with Crippen molar-refractivity contribution in [2.24, 2.45) is 0 Å². The van der Waals surface area contributed by atoms with Crippen LogP contribution in [-0.4, -0.2) is 24.0 Å². The highest BCUT2D eigenvalue weighted by Crippen LogP contribution is 2.16. The second kappa shape index (κ2) is 13.3. The van der Waals surface area contributed by atoms with Gasteiger partial charge in [-0.1, -0.05) is 40.8 Å². The summed E-state index contributed by atoms with van der Waals surface area (Å²) in [5.41, 5.74) is 8.24. The maximum atomic E-state index is 10.5. The van der Waals surface area contributed by atoms with Crippen molar-refractivity contribution in [2.75, 3.05) is 5.73 Å². The highest BCUT2D eigenvalue weighted by molar-refractivity contribution is 5.47. The molecule has 2 heterocycles. The molecule has 30 heavy (non-hydrogen) atoms. The quantitative estimate of drug-likeness (QED) is 0.271. The fourth-order valence-electron chi connectivity index (χ4n) is 2.28. The SMILES string of the molecule is C.C.CC.Nc1cccc(-n2ccnc2)c1.O=[N+]([O-])c1cccc(-n2ccnc2)c1. The third kappa shape index (κ3) is 7.23. The van der Waals surface area contributed by atoms with E-state index in [1.807, 2.05) is 48.9 Å². The van der Waals surface area contributed by atoms with E-state index < -0.39 is 4.92 Å². The van der Waals surface area contributed by atoms with E-state index in [0.717, 1.165) is 17.1 Å². The number of rotatable bonds is 3. The monoisotopic (exact) mass is 410 g/mol. The molecule has 0 fully saturated rings. The fourth-order valence-corrected chi connectivity index (χ4v) is 2.28. The van der Waals surface area contributed by atoms with E-state index in [2.05, 4.69) is 9.97 Å². The molecule has 0 saturated heterocycles. The molecule has 0 bridgehead atoms. The van der Waals surface area contributed by atoms with E-state index >= 15 is 0 Å². The van der Waals surface area contributed by atoms with Crippen LogP contribution in [0.2, 0.25) is 0 Å². The average molecular weight is 411 g/mol. The van der Waals surface area contributed by atoms with Crippen LogP contribution in [0.25, 0.3) is 11.4 Å². The number of imidazole rings is 2. The van der Waals surface area contributed by atoms with Crippen molar-refractivity contribution >= 4 is 11.4 Å². The first-order valence-electron chi connectivity index (χ1n) is 8.70. The van der Waals surface area contributed by atoms with Crippen molar-refractivity contribution in [1.82, 2.24) is 19.1 Å². The smallest absolute Gasteiger partial charge is 0.271 e. The summed E-state index contributed by atoms with van der Waals surface area (Å²) in [6.07, 6.45) is 10.3. The van der Waals surface area contributed by atoms with Gasteiger partial charge in [0.25, 0.3) is 5.69 Å². The highest BCUT2D eigenvalue weighted by atomic mass is 16.6. The van der Waals surface area contributed by atoms with Gasteiger partial charge in [0.15, 0.2) is 0 Å². The zero-order valence-electron chi connectivity index (χ0n) is 15.7. The molecule has 160 valence electrons. The number of nitrogens with two attached hydrogens (primary N) is 1. The average Bonchev–Trinajstić information content (AvgIpc) is 3.44. The Kier molecular flexibility index (Phi) is 11.5. The molecular weight excluding hydrogens is 380 g/mol. The van der Waals surface area contributed by atoms with E-state index in [9.17, 15) is 10.1 Å². The van der Waals surface area contributed by atoms with Gasteiger partial charge in [0.2, 0.25) is 0 Å². The molecule has 0 aliphatic carbocycles. The van der Waals surface area contributed by atoms with Crippen LogP contribution in [0.5, 0.6) is 0 Å². The van der Waals surface area contributed by atoms with Crippen molar-refractivity contribution in [1.29, 1.82) is 0 Å². The number of hydrogen-bond acceptors (Lipinski definition) is 5. The van der Waals surface area contributed by atoms with Crippen molar-refractivity contribution in [3.63, 3.8) is 0 Å². The molecule has 4 rings (SSSR count). The summed E-state index contributed by atoms with van der Waals surface area (Å²) >= 11 is 0. The van der Waals surface area contributed by atoms with E-state index in [1.54, 1.807) is 47.9 Å². The third-order valence-corrected chi connectivity index (χ3v) is 3.52. The normalized spacial score (nSPS) is 8.87. The van der Waals surface area contributed by atoms with Gasteiger partial charge in [-0.2, -0.15) is 0 Å². The molecule has 2 aromatic heterocycles.